The van der Waals surface area contributed by atoms with Gasteiger partial charge in [0.05, 0.1) is 6.54 Å². The standard InChI is InChI=1S/C15H18N2O3/c1-10(2)17(9-12-5-4-11(3)20-12)15(19)13-8-16-7-6-14(13)18/h4-8,10H,9H2,1-3H3,(H,16,18). The van der Waals surface area contributed by atoms with Gasteiger partial charge in [-0.25, -0.2) is 0 Å². The molecule has 0 aliphatic rings. The van der Waals surface area contributed by atoms with Gasteiger partial charge in [0.1, 0.15) is 17.1 Å². The molecule has 1 N–H and O–H groups in total. The summed E-state index contributed by atoms with van der Waals surface area (Å²) < 4.78 is 5.50. The molecule has 0 atom stereocenters. The Balaban J connectivity index is 2.27. The topological polar surface area (TPSA) is 66.3 Å². The fourth-order valence-corrected chi connectivity index (χ4v) is 1.96. The molecule has 5 nitrogen and oxygen atoms in total. The number of rotatable bonds is 4. The molecule has 2 aromatic heterocycles. The summed E-state index contributed by atoms with van der Waals surface area (Å²) in [5.41, 5.74) is -0.139. The summed E-state index contributed by atoms with van der Waals surface area (Å²) in [7, 11) is 0. The average Bonchev–Trinajstić information content (AvgIpc) is 2.81. The number of carbonyl (C=O) groups excluding carboxylic acids is 1. The van der Waals surface area contributed by atoms with Crippen LogP contribution in [0, 0.1) is 6.92 Å². The molecule has 0 saturated carbocycles. The molecular weight excluding hydrogens is 256 g/mol. The van der Waals surface area contributed by atoms with Gasteiger partial charge in [-0.1, -0.05) is 0 Å². The second kappa shape index (κ2) is 5.77. The van der Waals surface area contributed by atoms with E-state index in [1.54, 1.807) is 4.90 Å². The molecule has 2 heterocycles. The monoisotopic (exact) mass is 274 g/mol. The third-order valence-electron chi connectivity index (χ3n) is 3.06. The average molecular weight is 274 g/mol. The van der Waals surface area contributed by atoms with E-state index >= 15 is 0 Å². The minimum atomic E-state index is -0.295. The maximum atomic E-state index is 12.5. The van der Waals surface area contributed by atoms with Gasteiger partial charge in [-0.3, -0.25) is 9.59 Å². The van der Waals surface area contributed by atoms with Crippen molar-refractivity contribution in [2.75, 3.05) is 0 Å². The Morgan fingerprint density at radius 2 is 2.10 bits per heavy atom. The van der Waals surface area contributed by atoms with Gasteiger partial charge in [-0.05, 0) is 32.9 Å². The number of hydrogen-bond acceptors (Lipinski definition) is 3. The summed E-state index contributed by atoms with van der Waals surface area (Å²) in [6.07, 6.45) is 2.95. The highest BCUT2D eigenvalue weighted by atomic mass is 16.3. The molecule has 2 aromatic rings. The van der Waals surface area contributed by atoms with Crippen molar-refractivity contribution >= 4 is 5.91 Å². The van der Waals surface area contributed by atoms with Crippen LogP contribution in [0.1, 0.15) is 35.7 Å². The lowest BCUT2D eigenvalue weighted by molar-refractivity contribution is 0.0673. The van der Waals surface area contributed by atoms with Crippen molar-refractivity contribution in [3.8, 4) is 0 Å². The lowest BCUT2D eigenvalue weighted by Gasteiger charge is -2.25. The fourth-order valence-electron chi connectivity index (χ4n) is 1.96. The van der Waals surface area contributed by atoms with Gasteiger partial charge >= 0.3 is 0 Å². The number of hydrogen-bond donors (Lipinski definition) is 1. The first-order valence-corrected chi connectivity index (χ1v) is 6.52. The second-order valence-corrected chi connectivity index (χ2v) is 4.96. The Hall–Kier alpha value is -2.30. The summed E-state index contributed by atoms with van der Waals surface area (Å²) in [6.45, 7) is 6.02. The van der Waals surface area contributed by atoms with Gasteiger partial charge in [0, 0.05) is 24.5 Å². The lowest BCUT2D eigenvalue weighted by Crippen LogP contribution is -2.38. The normalized spacial score (nSPS) is 10.8. The lowest BCUT2D eigenvalue weighted by atomic mass is 10.2. The van der Waals surface area contributed by atoms with Crippen molar-refractivity contribution in [2.45, 2.75) is 33.4 Å². The van der Waals surface area contributed by atoms with Gasteiger partial charge in [0.2, 0.25) is 0 Å². The third-order valence-corrected chi connectivity index (χ3v) is 3.06. The fraction of sp³-hybridized carbons (Fsp3) is 0.333. The predicted molar refractivity (Wildman–Crippen MR) is 75.5 cm³/mol. The number of pyridine rings is 1. The Kier molecular flexibility index (Phi) is 4.08. The van der Waals surface area contributed by atoms with E-state index in [1.165, 1.54) is 18.5 Å². The molecule has 0 saturated heterocycles. The van der Waals surface area contributed by atoms with E-state index in [0.717, 1.165) is 5.76 Å². The number of nitrogens with one attached hydrogen (secondary N) is 1. The maximum Gasteiger partial charge on any atom is 0.259 e. The molecule has 0 aliphatic carbocycles. The smallest absolute Gasteiger partial charge is 0.259 e. The van der Waals surface area contributed by atoms with Crippen LogP contribution in [-0.2, 0) is 6.54 Å². The first-order valence-electron chi connectivity index (χ1n) is 6.52. The zero-order valence-corrected chi connectivity index (χ0v) is 11.8. The molecule has 0 bridgehead atoms. The highest BCUT2D eigenvalue weighted by Gasteiger charge is 2.22. The Morgan fingerprint density at radius 1 is 1.35 bits per heavy atom. The quantitative estimate of drug-likeness (QED) is 0.930. The number of aromatic amines is 1. The molecule has 0 radical (unpaired) electrons. The zero-order chi connectivity index (χ0) is 14.7. The summed E-state index contributed by atoms with van der Waals surface area (Å²) >= 11 is 0. The van der Waals surface area contributed by atoms with E-state index in [4.69, 9.17) is 4.42 Å². The van der Waals surface area contributed by atoms with Gasteiger partial charge in [-0.2, -0.15) is 0 Å². The minimum absolute atomic E-state index is 0.0347. The molecule has 106 valence electrons. The Labute approximate surface area is 117 Å². The number of nitrogens with zero attached hydrogens (tertiary/aromatic N) is 1. The number of furan rings is 1. The van der Waals surface area contributed by atoms with Crippen LogP contribution in [0.2, 0.25) is 0 Å². The largest absolute Gasteiger partial charge is 0.464 e. The van der Waals surface area contributed by atoms with E-state index in [2.05, 4.69) is 4.98 Å². The Morgan fingerprint density at radius 3 is 2.65 bits per heavy atom. The van der Waals surface area contributed by atoms with Crippen molar-refractivity contribution in [1.82, 2.24) is 9.88 Å². The summed E-state index contributed by atoms with van der Waals surface area (Å²) in [5, 5.41) is 0. The van der Waals surface area contributed by atoms with Crippen molar-refractivity contribution < 1.29 is 9.21 Å². The highest BCUT2D eigenvalue weighted by molar-refractivity contribution is 5.93. The molecule has 5 heteroatoms. The van der Waals surface area contributed by atoms with Crippen LogP contribution in [0.15, 0.2) is 39.8 Å². The zero-order valence-electron chi connectivity index (χ0n) is 11.8. The molecule has 0 aliphatic heterocycles. The van der Waals surface area contributed by atoms with Gasteiger partial charge in [0.15, 0.2) is 5.43 Å². The van der Waals surface area contributed by atoms with Gasteiger partial charge < -0.3 is 14.3 Å². The molecule has 0 spiro atoms. The van der Waals surface area contributed by atoms with Crippen LogP contribution in [0.3, 0.4) is 0 Å². The van der Waals surface area contributed by atoms with Crippen molar-refractivity contribution in [1.29, 1.82) is 0 Å². The predicted octanol–water partition coefficient (Wildman–Crippen LogP) is 2.33. The molecular formula is C15H18N2O3. The summed E-state index contributed by atoms with van der Waals surface area (Å²) in [6, 6.07) is 5.01. The van der Waals surface area contributed by atoms with E-state index < -0.39 is 0 Å². The molecule has 0 fully saturated rings. The number of amides is 1. The molecule has 1 amide bonds. The first-order chi connectivity index (χ1) is 9.49. The van der Waals surface area contributed by atoms with Crippen LogP contribution >= 0.6 is 0 Å². The summed E-state index contributed by atoms with van der Waals surface area (Å²) in [4.78, 5) is 28.6. The molecule has 0 unspecified atom stereocenters. The molecule has 20 heavy (non-hydrogen) atoms. The van der Waals surface area contributed by atoms with Crippen LogP contribution < -0.4 is 5.43 Å². The number of aryl methyl sites for hydroxylation is 1. The van der Waals surface area contributed by atoms with Crippen LogP contribution in [0.5, 0.6) is 0 Å². The SMILES string of the molecule is Cc1ccc(CN(C(=O)c2c[nH]ccc2=O)C(C)C)o1. The maximum absolute atomic E-state index is 12.5. The van der Waals surface area contributed by atoms with Gasteiger partial charge in [0.25, 0.3) is 5.91 Å². The first kappa shape index (κ1) is 14.1. The minimum Gasteiger partial charge on any atom is -0.464 e. The number of H-pyrrole nitrogens is 1. The van der Waals surface area contributed by atoms with Crippen LogP contribution in [-0.4, -0.2) is 21.8 Å². The van der Waals surface area contributed by atoms with E-state index in [9.17, 15) is 9.59 Å². The van der Waals surface area contributed by atoms with Crippen molar-refractivity contribution in [3.63, 3.8) is 0 Å². The highest BCUT2D eigenvalue weighted by Crippen LogP contribution is 2.14. The van der Waals surface area contributed by atoms with E-state index in [1.807, 2.05) is 32.9 Å². The number of carbonyl (C=O) groups is 1. The van der Waals surface area contributed by atoms with E-state index in [0.29, 0.717) is 12.3 Å². The second-order valence-electron chi connectivity index (χ2n) is 4.96. The van der Waals surface area contributed by atoms with Crippen molar-refractivity contribution in [2.24, 2.45) is 0 Å². The van der Waals surface area contributed by atoms with Crippen molar-refractivity contribution in [3.05, 3.63) is 57.9 Å². The molecule has 0 aromatic carbocycles. The Bertz CT molecular complexity index is 655. The molecule has 2 rings (SSSR count). The van der Waals surface area contributed by atoms with E-state index in [-0.39, 0.29) is 22.9 Å². The number of aromatic nitrogens is 1. The summed E-state index contributed by atoms with van der Waals surface area (Å²) in [5.74, 6) is 1.21. The van der Waals surface area contributed by atoms with Crippen LogP contribution in [0.25, 0.3) is 0 Å². The van der Waals surface area contributed by atoms with Gasteiger partial charge in [-0.15, -0.1) is 0 Å². The van der Waals surface area contributed by atoms with Crippen LogP contribution in [0.4, 0.5) is 0 Å². The third kappa shape index (κ3) is 2.99.